The first kappa shape index (κ1) is 18.1. The van der Waals surface area contributed by atoms with Gasteiger partial charge in [-0.25, -0.2) is 12.8 Å². The maximum absolute atomic E-state index is 14.2. The lowest BCUT2D eigenvalue weighted by molar-refractivity contribution is -0.385. The highest BCUT2D eigenvalue weighted by Gasteiger charge is 2.53. The quantitative estimate of drug-likeness (QED) is 0.489. The van der Waals surface area contributed by atoms with Crippen LogP contribution in [0.15, 0.2) is 30.9 Å². The van der Waals surface area contributed by atoms with Crippen molar-refractivity contribution in [3.8, 4) is 0 Å². The number of nitrogens with one attached hydrogen (secondary N) is 2. The summed E-state index contributed by atoms with van der Waals surface area (Å²) >= 11 is 0. The minimum atomic E-state index is -3.83. The van der Waals surface area contributed by atoms with Crippen molar-refractivity contribution in [1.29, 1.82) is 5.41 Å². The second-order valence-electron chi connectivity index (χ2n) is 6.24. The van der Waals surface area contributed by atoms with Gasteiger partial charge in [-0.05, 0) is 26.3 Å². The second-order valence-corrected chi connectivity index (χ2v) is 8.66. The Morgan fingerprint density at radius 1 is 1.50 bits per heavy atom. The molecule has 7 nitrogen and oxygen atoms in total. The first-order chi connectivity index (χ1) is 11.0. The van der Waals surface area contributed by atoms with Gasteiger partial charge < -0.3 is 5.32 Å². The molecular formula is C15H18FN3O4S. The molecule has 0 radical (unpaired) electrons. The summed E-state index contributed by atoms with van der Waals surface area (Å²) in [6.45, 7) is 6.33. The molecule has 1 aromatic carbocycles. The maximum atomic E-state index is 14.2. The topological polar surface area (TPSA) is 113 Å². The van der Waals surface area contributed by atoms with Gasteiger partial charge in [0.15, 0.2) is 9.84 Å². The van der Waals surface area contributed by atoms with Crippen LogP contribution in [0.25, 0.3) is 0 Å². The summed E-state index contributed by atoms with van der Waals surface area (Å²) in [4.78, 5) is 10.2. The van der Waals surface area contributed by atoms with E-state index in [1.54, 1.807) is 0 Å². The van der Waals surface area contributed by atoms with E-state index in [0.717, 1.165) is 18.2 Å². The normalized spacial score (nSPS) is 28.9. The molecule has 0 aliphatic carbocycles. The van der Waals surface area contributed by atoms with Crippen LogP contribution in [0.5, 0.6) is 0 Å². The highest BCUT2D eigenvalue weighted by molar-refractivity contribution is 7.93. The van der Waals surface area contributed by atoms with Gasteiger partial charge in [0.25, 0.3) is 5.69 Å². The molecule has 1 aromatic rings. The van der Waals surface area contributed by atoms with Gasteiger partial charge in [0, 0.05) is 17.7 Å². The molecule has 1 fully saturated rings. The molecule has 1 aliphatic rings. The average Bonchev–Trinajstić information content (AvgIpc) is 2.45. The van der Waals surface area contributed by atoms with E-state index in [1.807, 2.05) is 0 Å². The molecule has 0 spiro atoms. The number of nitro groups is 1. The van der Waals surface area contributed by atoms with Crippen molar-refractivity contribution in [2.45, 2.75) is 30.6 Å². The molecule has 2 rings (SSSR count). The van der Waals surface area contributed by atoms with Crippen molar-refractivity contribution < 1.29 is 17.7 Å². The molecule has 0 saturated carbocycles. The molecule has 0 unspecified atom stereocenters. The van der Waals surface area contributed by atoms with E-state index in [9.17, 15) is 22.9 Å². The molecule has 130 valence electrons. The number of allylic oxidation sites excluding steroid dienone is 1. The molecule has 2 atom stereocenters. The van der Waals surface area contributed by atoms with Crippen LogP contribution >= 0.6 is 0 Å². The molecule has 0 bridgehead atoms. The number of nitro benzene ring substituents is 1. The Morgan fingerprint density at radius 3 is 2.62 bits per heavy atom. The summed E-state index contributed by atoms with van der Waals surface area (Å²) in [5, 5.41) is 21.8. The molecule has 1 heterocycles. The zero-order chi connectivity index (χ0) is 18.3. The van der Waals surface area contributed by atoms with Crippen LogP contribution in [0.2, 0.25) is 0 Å². The third-order valence-electron chi connectivity index (χ3n) is 4.38. The smallest absolute Gasteiger partial charge is 0.269 e. The van der Waals surface area contributed by atoms with Gasteiger partial charge in [-0.15, -0.1) is 6.58 Å². The van der Waals surface area contributed by atoms with Gasteiger partial charge in [0.2, 0.25) is 0 Å². The Labute approximate surface area is 139 Å². The number of rotatable bonds is 4. The Balaban J connectivity index is 2.58. The van der Waals surface area contributed by atoms with Crippen LogP contribution in [0, 0.1) is 21.3 Å². The first-order valence-electron chi connectivity index (χ1n) is 7.12. The van der Waals surface area contributed by atoms with E-state index in [1.165, 1.54) is 19.9 Å². The summed E-state index contributed by atoms with van der Waals surface area (Å²) in [6.07, 6.45) is 1.44. The number of non-ortho nitro benzene ring substituents is 1. The zero-order valence-corrected chi connectivity index (χ0v) is 14.1. The van der Waals surface area contributed by atoms with Crippen LogP contribution in [0.1, 0.15) is 25.8 Å². The van der Waals surface area contributed by atoms with Crippen LogP contribution in [0.4, 0.5) is 10.1 Å². The van der Waals surface area contributed by atoms with E-state index in [-0.39, 0.29) is 23.5 Å². The van der Waals surface area contributed by atoms with Gasteiger partial charge in [-0.3, -0.25) is 15.5 Å². The average molecular weight is 355 g/mol. The van der Waals surface area contributed by atoms with Crippen molar-refractivity contribution in [2.75, 3.05) is 5.75 Å². The largest absolute Gasteiger partial charge is 0.362 e. The fourth-order valence-electron chi connectivity index (χ4n) is 2.84. The van der Waals surface area contributed by atoms with Crippen molar-refractivity contribution in [3.05, 3.63) is 52.3 Å². The Morgan fingerprint density at radius 2 is 2.12 bits per heavy atom. The zero-order valence-electron chi connectivity index (χ0n) is 13.3. The van der Waals surface area contributed by atoms with Gasteiger partial charge in [-0.1, -0.05) is 6.08 Å². The molecule has 0 amide bonds. The van der Waals surface area contributed by atoms with Crippen LogP contribution in [-0.4, -0.2) is 29.7 Å². The summed E-state index contributed by atoms with van der Waals surface area (Å²) < 4.78 is 38.2. The number of benzene rings is 1. The summed E-state index contributed by atoms with van der Waals surface area (Å²) in [6, 6.07) is 2.93. The van der Waals surface area contributed by atoms with Crippen molar-refractivity contribution in [2.24, 2.45) is 0 Å². The maximum Gasteiger partial charge on any atom is 0.269 e. The van der Waals surface area contributed by atoms with Crippen molar-refractivity contribution in [1.82, 2.24) is 5.32 Å². The van der Waals surface area contributed by atoms with Crippen LogP contribution in [-0.2, 0) is 15.4 Å². The van der Waals surface area contributed by atoms with E-state index >= 15 is 0 Å². The third kappa shape index (κ3) is 2.68. The van der Waals surface area contributed by atoms with Gasteiger partial charge in [-0.2, -0.15) is 0 Å². The molecule has 9 heteroatoms. The van der Waals surface area contributed by atoms with Crippen LogP contribution < -0.4 is 5.32 Å². The predicted octanol–water partition coefficient (Wildman–Crippen LogP) is 2.28. The summed E-state index contributed by atoms with van der Waals surface area (Å²) in [5.74, 6) is -1.56. The SMILES string of the molecule is C=CC[C@@]1(C)C(=N)N[C@](C)(c2cc([N+](=O)[O-])ccc2F)CS1(=O)=O. The second kappa shape index (κ2) is 5.66. The molecule has 1 saturated heterocycles. The monoisotopic (exact) mass is 355 g/mol. The predicted molar refractivity (Wildman–Crippen MR) is 88.3 cm³/mol. The van der Waals surface area contributed by atoms with E-state index in [4.69, 9.17) is 5.41 Å². The number of hydrogen-bond donors (Lipinski definition) is 2. The van der Waals surface area contributed by atoms with E-state index in [2.05, 4.69) is 11.9 Å². The highest BCUT2D eigenvalue weighted by Crippen LogP contribution is 2.37. The number of sulfone groups is 1. The third-order valence-corrected chi connectivity index (χ3v) is 7.08. The van der Waals surface area contributed by atoms with Gasteiger partial charge in [0.1, 0.15) is 16.4 Å². The molecule has 0 aromatic heterocycles. The minimum Gasteiger partial charge on any atom is -0.362 e. The minimum absolute atomic E-state index is 0.0364. The van der Waals surface area contributed by atoms with Crippen molar-refractivity contribution in [3.63, 3.8) is 0 Å². The van der Waals surface area contributed by atoms with Gasteiger partial charge in [0.05, 0.1) is 16.2 Å². The lowest BCUT2D eigenvalue weighted by Gasteiger charge is -2.44. The highest BCUT2D eigenvalue weighted by atomic mass is 32.2. The number of amidine groups is 1. The van der Waals surface area contributed by atoms with E-state index in [0.29, 0.717) is 0 Å². The fraction of sp³-hybridized carbons (Fsp3) is 0.400. The molecule has 24 heavy (non-hydrogen) atoms. The van der Waals surface area contributed by atoms with Gasteiger partial charge >= 0.3 is 0 Å². The first-order valence-corrected chi connectivity index (χ1v) is 8.77. The van der Waals surface area contributed by atoms with E-state index < -0.39 is 36.6 Å². The number of hydrogen-bond acceptors (Lipinski definition) is 5. The summed E-state index contributed by atoms with van der Waals surface area (Å²) in [5.41, 5.74) is -1.99. The van der Waals surface area contributed by atoms with Crippen molar-refractivity contribution >= 4 is 21.4 Å². The lowest BCUT2D eigenvalue weighted by Crippen LogP contribution is -2.65. The number of halogens is 1. The number of nitrogens with zero attached hydrogens (tertiary/aromatic N) is 1. The van der Waals surface area contributed by atoms with Crippen LogP contribution in [0.3, 0.4) is 0 Å². The summed E-state index contributed by atoms with van der Waals surface area (Å²) in [7, 11) is -3.83. The Hall–Kier alpha value is -2.29. The molecular weight excluding hydrogens is 337 g/mol. The fourth-order valence-corrected chi connectivity index (χ4v) is 4.88. The standard InChI is InChI=1S/C15H18FN3O4S/c1-4-7-15(3)13(17)18-14(2,9-24(15,22)23)11-8-10(19(20)21)5-6-12(11)16/h4-6,8H,1,7,9H2,2-3H3,(H2,17,18)/t14-,15-/m0/s1. The Bertz CT molecular complexity index is 839. The lowest BCUT2D eigenvalue weighted by atomic mass is 9.90. The molecule has 1 aliphatic heterocycles. The Kier molecular flexibility index (Phi) is 4.26. The molecule has 2 N–H and O–H groups in total.